The summed E-state index contributed by atoms with van der Waals surface area (Å²) in [6.07, 6.45) is 2.03. The molecule has 1 aromatic heterocycles. The van der Waals surface area contributed by atoms with Gasteiger partial charge in [0.1, 0.15) is 0 Å². The molecule has 1 aromatic carbocycles. The zero-order valence-electron chi connectivity index (χ0n) is 12.5. The smallest absolute Gasteiger partial charge is 0.0702 e. The van der Waals surface area contributed by atoms with Crippen LogP contribution in [0.4, 0.5) is 0 Å². The number of hydrogen-bond acceptors (Lipinski definition) is 4. The van der Waals surface area contributed by atoms with E-state index >= 15 is 0 Å². The summed E-state index contributed by atoms with van der Waals surface area (Å²) in [5, 5.41) is 10.6. The van der Waals surface area contributed by atoms with Crippen LogP contribution in [0.15, 0.2) is 30.5 Å². The SMILES string of the molecule is COCCOCCOCCn1ccc2cccc(CO)c21. The molecule has 0 radical (unpaired) electrons. The van der Waals surface area contributed by atoms with Crippen molar-refractivity contribution < 1.29 is 19.3 Å². The van der Waals surface area contributed by atoms with Crippen molar-refractivity contribution >= 4 is 10.9 Å². The summed E-state index contributed by atoms with van der Waals surface area (Å²) >= 11 is 0. The average Bonchev–Trinajstić information content (AvgIpc) is 2.93. The van der Waals surface area contributed by atoms with Gasteiger partial charge < -0.3 is 23.9 Å². The molecule has 0 saturated carbocycles. The van der Waals surface area contributed by atoms with Crippen LogP contribution in [0.1, 0.15) is 5.56 Å². The molecule has 2 aromatic rings. The highest BCUT2D eigenvalue weighted by molar-refractivity contribution is 5.83. The van der Waals surface area contributed by atoms with Crippen molar-refractivity contribution in [3.63, 3.8) is 0 Å². The van der Waals surface area contributed by atoms with E-state index in [0.717, 1.165) is 23.0 Å². The van der Waals surface area contributed by atoms with E-state index in [1.807, 2.05) is 18.3 Å². The van der Waals surface area contributed by atoms with Crippen LogP contribution in [0.5, 0.6) is 0 Å². The molecule has 0 amide bonds. The first-order valence-corrected chi connectivity index (χ1v) is 7.19. The molecule has 21 heavy (non-hydrogen) atoms. The van der Waals surface area contributed by atoms with Crippen LogP contribution in [0, 0.1) is 0 Å². The lowest BCUT2D eigenvalue weighted by Gasteiger charge is -2.09. The van der Waals surface area contributed by atoms with Crippen molar-refractivity contribution in [1.29, 1.82) is 0 Å². The number of aliphatic hydroxyl groups excluding tert-OH is 1. The van der Waals surface area contributed by atoms with Crippen LogP contribution in [0.2, 0.25) is 0 Å². The number of nitrogens with zero attached hydrogens (tertiary/aromatic N) is 1. The maximum Gasteiger partial charge on any atom is 0.0702 e. The van der Waals surface area contributed by atoms with Gasteiger partial charge in [-0.2, -0.15) is 0 Å². The van der Waals surface area contributed by atoms with Crippen molar-refractivity contribution in [2.45, 2.75) is 13.2 Å². The van der Waals surface area contributed by atoms with Crippen LogP contribution in [0.3, 0.4) is 0 Å². The predicted molar refractivity (Wildman–Crippen MR) is 81.4 cm³/mol. The Hall–Kier alpha value is -1.40. The van der Waals surface area contributed by atoms with Crippen LogP contribution in [-0.4, -0.2) is 49.8 Å². The summed E-state index contributed by atoms with van der Waals surface area (Å²) in [6.45, 7) is 3.81. The molecule has 0 aliphatic carbocycles. The Balaban J connectivity index is 1.76. The van der Waals surface area contributed by atoms with Gasteiger partial charge in [-0.15, -0.1) is 0 Å². The number of methoxy groups -OCH3 is 1. The molecule has 0 aliphatic rings. The lowest BCUT2D eigenvalue weighted by Crippen LogP contribution is -2.11. The Bertz CT molecular complexity index is 538. The zero-order chi connectivity index (χ0) is 14.9. The number of aromatic nitrogens is 1. The number of fused-ring (bicyclic) bond motifs is 1. The largest absolute Gasteiger partial charge is 0.392 e. The average molecular weight is 293 g/mol. The standard InChI is InChI=1S/C16H23NO4/c1-19-9-10-21-12-11-20-8-7-17-6-5-14-3-2-4-15(13-18)16(14)17/h2-6,18H,7-13H2,1H3. The van der Waals surface area contributed by atoms with Crippen molar-refractivity contribution in [3.8, 4) is 0 Å². The van der Waals surface area contributed by atoms with Crippen molar-refractivity contribution in [3.05, 3.63) is 36.0 Å². The van der Waals surface area contributed by atoms with Gasteiger partial charge in [-0.3, -0.25) is 0 Å². The first-order valence-electron chi connectivity index (χ1n) is 7.19. The topological polar surface area (TPSA) is 52.9 Å². The first-order chi connectivity index (χ1) is 10.4. The van der Waals surface area contributed by atoms with Gasteiger partial charge in [-0.05, 0) is 11.5 Å². The van der Waals surface area contributed by atoms with E-state index in [4.69, 9.17) is 14.2 Å². The minimum absolute atomic E-state index is 0.0511. The van der Waals surface area contributed by atoms with Crippen molar-refractivity contribution in [2.75, 3.05) is 40.1 Å². The molecule has 5 nitrogen and oxygen atoms in total. The third-order valence-electron chi connectivity index (χ3n) is 3.32. The van der Waals surface area contributed by atoms with E-state index < -0.39 is 0 Å². The van der Waals surface area contributed by atoms with Gasteiger partial charge in [0.25, 0.3) is 0 Å². The summed E-state index contributed by atoms with van der Waals surface area (Å²) in [5.74, 6) is 0. The Morgan fingerprint density at radius 2 is 1.76 bits per heavy atom. The van der Waals surface area contributed by atoms with E-state index in [1.165, 1.54) is 0 Å². The number of ether oxygens (including phenoxy) is 3. The molecule has 0 spiro atoms. The molecule has 0 fully saturated rings. The summed E-state index contributed by atoms with van der Waals surface area (Å²) in [7, 11) is 1.65. The third kappa shape index (κ3) is 4.54. The van der Waals surface area contributed by atoms with Gasteiger partial charge in [-0.25, -0.2) is 0 Å². The minimum atomic E-state index is 0.0511. The number of aliphatic hydroxyl groups is 1. The molecule has 0 bridgehead atoms. The van der Waals surface area contributed by atoms with E-state index in [0.29, 0.717) is 33.0 Å². The quantitative estimate of drug-likeness (QED) is 0.679. The van der Waals surface area contributed by atoms with Crippen molar-refractivity contribution in [2.24, 2.45) is 0 Å². The van der Waals surface area contributed by atoms with Gasteiger partial charge in [0.15, 0.2) is 0 Å². The second-order valence-electron chi connectivity index (χ2n) is 4.74. The number of benzene rings is 1. The van der Waals surface area contributed by atoms with Crippen LogP contribution < -0.4 is 0 Å². The Morgan fingerprint density at radius 1 is 1.00 bits per heavy atom. The van der Waals surface area contributed by atoms with Gasteiger partial charge >= 0.3 is 0 Å². The van der Waals surface area contributed by atoms with Crippen LogP contribution in [-0.2, 0) is 27.4 Å². The van der Waals surface area contributed by atoms with Gasteiger partial charge in [0.05, 0.1) is 45.2 Å². The molecule has 116 valence electrons. The van der Waals surface area contributed by atoms with Gasteiger partial charge in [0, 0.05) is 25.4 Å². The minimum Gasteiger partial charge on any atom is -0.392 e. The molecule has 0 saturated heterocycles. The molecule has 5 heteroatoms. The van der Waals surface area contributed by atoms with E-state index in [1.54, 1.807) is 7.11 Å². The molecule has 0 unspecified atom stereocenters. The van der Waals surface area contributed by atoms with Gasteiger partial charge in [0.2, 0.25) is 0 Å². The monoisotopic (exact) mass is 293 g/mol. The molecule has 0 atom stereocenters. The Labute approximate surface area is 125 Å². The fourth-order valence-electron chi connectivity index (χ4n) is 2.28. The summed E-state index contributed by atoms with van der Waals surface area (Å²) < 4.78 is 17.9. The second kappa shape index (κ2) is 8.79. The molecule has 1 N–H and O–H groups in total. The maximum atomic E-state index is 9.42. The summed E-state index contributed by atoms with van der Waals surface area (Å²) in [6, 6.07) is 8.02. The highest BCUT2D eigenvalue weighted by Crippen LogP contribution is 2.20. The fourth-order valence-corrected chi connectivity index (χ4v) is 2.28. The molecule has 1 heterocycles. The predicted octanol–water partition coefficient (Wildman–Crippen LogP) is 1.81. The highest BCUT2D eigenvalue weighted by atomic mass is 16.5. The number of hydrogen-bond donors (Lipinski definition) is 1. The zero-order valence-corrected chi connectivity index (χ0v) is 12.5. The van der Waals surface area contributed by atoms with Gasteiger partial charge in [-0.1, -0.05) is 18.2 Å². The van der Waals surface area contributed by atoms with Crippen LogP contribution in [0.25, 0.3) is 10.9 Å². The van der Waals surface area contributed by atoms with E-state index in [2.05, 4.69) is 16.7 Å². The van der Waals surface area contributed by atoms with Crippen molar-refractivity contribution in [1.82, 2.24) is 4.57 Å². The molecular formula is C16H23NO4. The number of para-hydroxylation sites is 1. The first kappa shape index (κ1) is 16.0. The lowest BCUT2D eigenvalue weighted by molar-refractivity contribution is 0.0232. The molecule has 2 rings (SSSR count). The van der Waals surface area contributed by atoms with E-state index in [9.17, 15) is 5.11 Å². The normalized spacial score (nSPS) is 11.3. The highest BCUT2D eigenvalue weighted by Gasteiger charge is 2.05. The number of rotatable bonds is 10. The van der Waals surface area contributed by atoms with E-state index in [-0.39, 0.29) is 6.61 Å². The summed E-state index contributed by atoms with van der Waals surface area (Å²) in [4.78, 5) is 0. The second-order valence-corrected chi connectivity index (χ2v) is 4.74. The molecule has 0 aliphatic heterocycles. The fraction of sp³-hybridized carbons (Fsp3) is 0.500. The van der Waals surface area contributed by atoms with Crippen LogP contribution >= 0.6 is 0 Å². The Kier molecular flexibility index (Phi) is 6.69. The summed E-state index contributed by atoms with van der Waals surface area (Å²) in [5.41, 5.74) is 2.03. The lowest BCUT2D eigenvalue weighted by atomic mass is 10.1. The third-order valence-corrected chi connectivity index (χ3v) is 3.32. The molecular weight excluding hydrogens is 270 g/mol. The maximum absolute atomic E-state index is 9.42. The Morgan fingerprint density at radius 3 is 2.52 bits per heavy atom.